The summed E-state index contributed by atoms with van der Waals surface area (Å²) >= 11 is 2.24. The van der Waals surface area contributed by atoms with Crippen LogP contribution < -0.4 is 9.64 Å². The highest BCUT2D eigenvalue weighted by atomic mass is 127. The fourth-order valence-corrected chi connectivity index (χ4v) is 2.74. The maximum Gasteiger partial charge on any atom is 0.265 e. The van der Waals surface area contributed by atoms with Crippen LogP contribution in [0.3, 0.4) is 0 Å². The van der Waals surface area contributed by atoms with Crippen LogP contribution >= 0.6 is 22.6 Å². The number of fused-ring (bicyclic) bond motifs is 1. The largest absolute Gasteiger partial charge is 0.482 e. The van der Waals surface area contributed by atoms with Crippen molar-refractivity contribution < 1.29 is 9.53 Å². The summed E-state index contributed by atoms with van der Waals surface area (Å²) in [4.78, 5) is 18.1. The Morgan fingerprint density at radius 3 is 3.05 bits per heavy atom. The van der Waals surface area contributed by atoms with Crippen LogP contribution in [-0.2, 0) is 18.3 Å². The van der Waals surface area contributed by atoms with Gasteiger partial charge >= 0.3 is 0 Å². The second kappa shape index (κ2) is 5.43. The van der Waals surface area contributed by atoms with Gasteiger partial charge in [-0.3, -0.25) is 4.79 Å². The molecule has 1 aliphatic heterocycles. The van der Waals surface area contributed by atoms with Crippen molar-refractivity contribution in [2.75, 3.05) is 18.1 Å². The van der Waals surface area contributed by atoms with Gasteiger partial charge in [-0.1, -0.05) is 0 Å². The molecule has 0 N–H and O–H groups in total. The smallest absolute Gasteiger partial charge is 0.265 e. The van der Waals surface area contributed by atoms with Crippen LogP contribution in [0.4, 0.5) is 5.69 Å². The first-order valence-electron chi connectivity index (χ1n) is 6.34. The highest BCUT2D eigenvalue weighted by Crippen LogP contribution is 2.33. The van der Waals surface area contributed by atoms with Crippen molar-refractivity contribution in [2.24, 2.45) is 7.05 Å². The molecule has 0 radical (unpaired) electrons. The Labute approximate surface area is 130 Å². The van der Waals surface area contributed by atoms with E-state index in [1.54, 1.807) is 11.1 Å². The van der Waals surface area contributed by atoms with Gasteiger partial charge in [0.2, 0.25) is 0 Å². The van der Waals surface area contributed by atoms with Gasteiger partial charge in [-0.05, 0) is 40.8 Å². The van der Waals surface area contributed by atoms with E-state index < -0.39 is 0 Å². The predicted molar refractivity (Wildman–Crippen MR) is 83.9 cm³/mol. The first-order chi connectivity index (χ1) is 9.65. The number of amides is 1. The third kappa shape index (κ3) is 2.52. The van der Waals surface area contributed by atoms with Crippen molar-refractivity contribution in [3.63, 3.8) is 0 Å². The maximum absolute atomic E-state index is 12.1. The average Bonchev–Trinajstić information content (AvgIpc) is 2.83. The molecule has 3 rings (SSSR count). The number of imidazole rings is 1. The highest BCUT2D eigenvalue weighted by molar-refractivity contribution is 14.1. The molecule has 0 unspecified atom stereocenters. The van der Waals surface area contributed by atoms with Gasteiger partial charge in [0.15, 0.2) is 6.61 Å². The summed E-state index contributed by atoms with van der Waals surface area (Å²) in [6.45, 7) is 0.717. The number of hydrogen-bond donors (Lipinski definition) is 0. The van der Waals surface area contributed by atoms with E-state index in [0.717, 1.165) is 27.3 Å². The van der Waals surface area contributed by atoms with Crippen molar-refractivity contribution in [2.45, 2.75) is 6.42 Å². The maximum atomic E-state index is 12.1. The molecule has 1 aliphatic rings. The third-order valence-electron chi connectivity index (χ3n) is 3.34. The molecule has 0 aliphatic carbocycles. The van der Waals surface area contributed by atoms with Crippen molar-refractivity contribution in [3.05, 3.63) is 40.0 Å². The molecular formula is C14H14IN3O2. The van der Waals surface area contributed by atoms with Gasteiger partial charge in [-0.15, -0.1) is 0 Å². The Hall–Kier alpha value is -1.57. The van der Waals surface area contributed by atoms with E-state index in [1.165, 1.54) is 0 Å². The number of benzene rings is 1. The Balaban J connectivity index is 1.82. The second-order valence-corrected chi connectivity index (χ2v) is 5.90. The lowest BCUT2D eigenvalue weighted by atomic mass is 10.2. The first-order valence-corrected chi connectivity index (χ1v) is 7.42. The summed E-state index contributed by atoms with van der Waals surface area (Å²) in [6.07, 6.45) is 4.40. The zero-order chi connectivity index (χ0) is 14.1. The summed E-state index contributed by atoms with van der Waals surface area (Å²) in [5.41, 5.74) is 0.843. The second-order valence-electron chi connectivity index (χ2n) is 4.65. The van der Waals surface area contributed by atoms with Crippen molar-refractivity contribution in [3.8, 4) is 5.75 Å². The van der Waals surface area contributed by atoms with Gasteiger partial charge in [0.05, 0.1) is 5.69 Å². The van der Waals surface area contributed by atoms with Gasteiger partial charge in [0.25, 0.3) is 5.91 Å². The number of carbonyl (C=O) groups is 1. The molecule has 104 valence electrons. The van der Waals surface area contributed by atoms with E-state index in [1.807, 2.05) is 36.0 Å². The van der Waals surface area contributed by atoms with Crippen LogP contribution in [0.5, 0.6) is 5.75 Å². The molecule has 20 heavy (non-hydrogen) atoms. The third-order valence-corrected chi connectivity index (χ3v) is 4.02. The van der Waals surface area contributed by atoms with Crippen LogP contribution in [0.1, 0.15) is 5.82 Å². The topological polar surface area (TPSA) is 47.4 Å². The molecule has 2 heterocycles. The minimum absolute atomic E-state index is 0.00656. The van der Waals surface area contributed by atoms with E-state index in [4.69, 9.17) is 4.74 Å². The van der Waals surface area contributed by atoms with Crippen LogP contribution in [0.15, 0.2) is 30.6 Å². The summed E-state index contributed by atoms with van der Waals surface area (Å²) in [7, 11) is 1.96. The van der Waals surface area contributed by atoms with Gasteiger partial charge in [-0.2, -0.15) is 0 Å². The lowest BCUT2D eigenvalue weighted by Crippen LogP contribution is -2.40. The van der Waals surface area contributed by atoms with Crippen molar-refractivity contribution in [1.29, 1.82) is 0 Å². The fourth-order valence-electron chi connectivity index (χ4n) is 2.27. The van der Waals surface area contributed by atoms with Gasteiger partial charge < -0.3 is 14.2 Å². The van der Waals surface area contributed by atoms with Crippen LogP contribution in [0.2, 0.25) is 0 Å². The molecular weight excluding hydrogens is 369 g/mol. The van der Waals surface area contributed by atoms with E-state index in [2.05, 4.69) is 27.6 Å². The minimum atomic E-state index is -0.00656. The minimum Gasteiger partial charge on any atom is -0.482 e. The number of ether oxygens (including phenoxy) is 1. The van der Waals surface area contributed by atoms with Crippen LogP contribution in [0.25, 0.3) is 0 Å². The molecule has 0 atom stereocenters. The highest BCUT2D eigenvalue weighted by Gasteiger charge is 2.25. The number of anilines is 1. The van der Waals surface area contributed by atoms with Crippen molar-refractivity contribution >= 4 is 34.2 Å². The number of nitrogens with zero attached hydrogens (tertiary/aromatic N) is 3. The molecule has 0 saturated heterocycles. The summed E-state index contributed by atoms with van der Waals surface area (Å²) in [6, 6.07) is 5.87. The van der Waals surface area contributed by atoms with Crippen LogP contribution in [-0.4, -0.2) is 28.6 Å². The molecule has 1 aromatic heterocycles. The Morgan fingerprint density at radius 2 is 2.30 bits per heavy atom. The molecule has 2 aromatic rings. The number of aromatic nitrogens is 2. The summed E-state index contributed by atoms with van der Waals surface area (Å²) in [5.74, 6) is 1.74. The monoisotopic (exact) mass is 383 g/mol. The molecule has 6 heteroatoms. The first kappa shape index (κ1) is 13.4. The quantitative estimate of drug-likeness (QED) is 0.762. The average molecular weight is 383 g/mol. The molecule has 0 spiro atoms. The molecule has 0 fully saturated rings. The summed E-state index contributed by atoms with van der Waals surface area (Å²) < 4.78 is 8.56. The molecule has 0 saturated carbocycles. The normalized spacial score (nSPS) is 14.1. The number of rotatable bonds is 3. The Bertz CT molecular complexity index is 654. The number of halogens is 1. The lowest BCUT2D eigenvalue weighted by Gasteiger charge is -2.29. The Morgan fingerprint density at radius 1 is 1.45 bits per heavy atom. The molecule has 5 nitrogen and oxygen atoms in total. The molecule has 0 bridgehead atoms. The zero-order valence-corrected chi connectivity index (χ0v) is 13.2. The van der Waals surface area contributed by atoms with E-state index in [-0.39, 0.29) is 12.5 Å². The lowest BCUT2D eigenvalue weighted by molar-refractivity contribution is -0.121. The Kier molecular flexibility index (Phi) is 3.64. The van der Waals surface area contributed by atoms with E-state index in [9.17, 15) is 4.79 Å². The van der Waals surface area contributed by atoms with Gasteiger partial charge in [0.1, 0.15) is 11.6 Å². The number of aryl methyl sites for hydroxylation is 1. The standard InChI is InChI=1S/C14H14IN3O2/c1-17-7-5-16-13(17)4-6-18-11-3-2-10(15)8-12(11)20-9-14(18)19/h2-3,5,7-8H,4,6,9H2,1H3. The number of hydrogen-bond acceptors (Lipinski definition) is 3. The van der Waals surface area contributed by atoms with Gasteiger partial charge in [-0.25, -0.2) is 4.98 Å². The molecule has 1 aromatic carbocycles. The SMILES string of the molecule is Cn1ccnc1CCN1C(=O)COc2cc(I)ccc21. The number of carbonyl (C=O) groups excluding carboxylic acids is 1. The summed E-state index contributed by atoms with van der Waals surface area (Å²) in [5, 5.41) is 0. The van der Waals surface area contributed by atoms with E-state index >= 15 is 0 Å². The van der Waals surface area contributed by atoms with E-state index in [0.29, 0.717) is 6.54 Å². The fraction of sp³-hybridized carbons (Fsp3) is 0.286. The molecule has 1 amide bonds. The van der Waals surface area contributed by atoms with Gasteiger partial charge in [0, 0.05) is 36.0 Å². The van der Waals surface area contributed by atoms with Crippen LogP contribution in [0, 0.1) is 3.57 Å². The zero-order valence-electron chi connectivity index (χ0n) is 11.0. The predicted octanol–water partition coefficient (Wildman–Crippen LogP) is 1.99. The van der Waals surface area contributed by atoms with Crippen molar-refractivity contribution in [1.82, 2.24) is 9.55 Å².